The Morgan fingerprint density at radius 1 is 1.20 bits per heavy atom. The monoisotopic (exact) mass is 402 g/mol. The number of amides is 1. The molecule has 0 aliphatic heterocycles. The predicted octanol–water partition coefficient (Wildman–Crippen LogP) is 0.491. The van der Waals surface area contributed by atoms with Gasteiger partial charge in [-0.25, -0.2) is 9.97 Å². The molecule has 0 saturated carbocycles. The van der Waals surface area contributed by atoms with E-state index in [0.717, 1.165) is 16.8 Å². The van der Waals surface area contributed by atoms with E-state index in [1.807, 2.05) is 29.7 Å². The maximum atomic E-state index is 11.7. The van der Waals surface area contributed by atoms with Crippen molar-refractivity contribution in [3.8, 4) is 11.5 Å². The van der Waals surface area contributed by atoms with Gasteiger partial charge in [0, 0.05) is 12.7 Å². The Bertz CT molecular complexity index is 1240. The molecule has 10 heteroatoms. The molecule has 0 radical (unpaired) electrons. The minimum absolute atomic E-state index is 0.371. The third-order valence-corrected chi connectivity index (χ3v) is 4.75. The third kappa shape index (κ3) is 3.73. The molecule has 0 atom stereocenters. The molecule has 9 nitrogen and oxygen atoms in total. The van der Waals surface area contributed by atoms with Gasteiger partial charge in [0.05, 0.1) is 16.8 Å². The summed E-state index contributed by atoms with van der Waals surface area (Å²) in [6, 6.07) is 12.2. The molecule has 0 fully saturated rings. The summed E-state index contributed by atoms with van der Waals surface area (Å²) in [7, 11) is -1.52. The summed E-state index contributed by atoms with van der Waals surface area (Å²) in [6.45, 7) is 2.30. The number of hydrogen-bond acceptors (Lipinski definition) is 7. The molecule has 1 aromatic carbocycles. The van der Waals surface area contributed by atoms with E-state index < -0.39 is 13.0 Å². The molecular formula is C20H19BN6O3. The van der Waals surface area contributed by atoms with Crippen molar-refractivity contribution in [2.45, 2.75) is 13.5 Å². The van der Waals surface area contributed by atoms with E-state index in [0.29, 0.717) is 34.9 Å². The first kappa shape index (κ1) is 19.6. The molecule has 0 saturated heterocycles. The normalized spacial score (nSPS) is 10.9. The van der Waals surface area contributed by atoms with Gasteiger partial charge in [-0.2, -0.15) is 4.98 Å². The van der Waals surface area contributed by atoms with Gasteiger partial charge in [0.1, 0.15) is 6.33 Å². The zero-order valence-electron chi connectivity index (χ0n) is 16.1. The second kappa shape index (κ2) is 7.93. The SMILES string of the molecule is Cc1cc2c(C(N)=O)cccn2c1-c1ncnc(NCc2cccc(B(O)O)c2)n1. The highest BCUT2D eigenvalue weighted by atomic mass is 16.4. The van der Waals surface area contributed by atoms with Crippen molar-refractivity contribution in [3.05, 3.63) is 71.7 Å². The number of aromatic nitrogens is 4. The molecule has 5 N–H and O–H groups in total. The topological polar surface area (TPSA) is 139 Å². The first-order valence-corrected chi connectivity index (χ1v) is 9.23. The Morgan fingerprint density at radius 2 is 2.03 bits per heavy atom. The largest absolute Gasteiger partial charge is 0.488 e. The molecule has 150 valence electrons. The fourth-order valence-corrected chi connectivity index (χ4v) is 3.36. The van der Waals surface area contributed by atoms with Gasteiger partial charge in [-0.05, 0) is 41.7 Å². The zero-order chi connectivity index (χ0) is 21.3. The van der Waals surface area contributed by atoms with Crippen LogP contribution in [0.1, 0.15) is 21.5 Å². The highest BCUT2D eigenvalue weighted by Crippen LogP contribution is 2.26. The van der Waals surface area contributed by atoms with E-state index in [-0.39, 0.29) is 0 Å². The van der Waals surface area contributed by atoms with Gasteiger partial charge in [-0.3, -0.25) is 4.79 Å². The van der Waals surface area contributed by atoms with Crippen LogP contribution in [0.15, 0.2) is 55.0 Å². The van der Waals surface area contributed by atoms with Gasteiger partial charge in [0.2, 0.25) is 5.95 Å². The molecule has 4 aromatic rings. The summed E-state index contributed by atoms with van der Waals surface area (Å²) < 4.78 is 1.83. The van der Waals surface area contributed by atoms with Crippen LogP contribution in [0, 0.1) is 6.92 Å². The van der Waals surface area contributed by atoms with Crippen molar-refractivity contribution in [2.24, 2.45) is 5.73 Å². The number of fused-ring (bicyclic) bond motifs is 1. The van der Waals surface area contributed by atoms with Crippen LogP contribution in [0.4, 0.5) is 5.95 Å². The summed E-state index contributed by atoms with van der Waals surface area (Å²) in [5.41, 5.74) is 9.49. The number of benzene rings is 1. The Kier molecular flexibility index (Phi) is 5.17. The molecule has 0 bridgehead atoms. The summed E-state index contributed by atoms with van der Waals surface area (Å²) >= 11 is 0. The lowest BCUT2D eigenvalue weighted by atomic mass is 9.80. The number of hydrogen-bond donors (Lipinski definition) is 4. The number of primary amides is 1. The first-order chi connectivity index (χ1) is 14.4. The van der Waals surface area contributed by atoms with Gasteiger partial charge in [-0.15, -0.1) is 0 Å². The molecule has 4 rings (SSSR count). The average Bonchev–Trinajstić information content (AvgIpc) is 3.08. The second-order valence-corrected chi connectivity index (χ2v) is 6.82. The average molecular weight is 402 g/mol. The van der Waals surface area contributed by atoms with Crippen LogP contribution in [0.2, 0.25) is 0 Å². The highest BCUT2D eigenvalue weighted by molar-refractivity contribution is 6.58. The number of carbonyl (C=O) groups is 1. The smallest absolute Gasteiger partial charge is 0.423 e. The van der Waals surface area contributed by atoms with Crippen molar-refractivity contribution >= 4 is 30.0 Å². The number of anilines is 1. The summed E-state index contributed by atoms with van der Waals surface area (Å²) in [5.74, 6) is 0.319. The predicted molar refractivity (Wildman–Crippen MR) is 113 cm³/mol. The van der Waals surface area contributed by atoms with Gasteiger partial charge >= 0.3 is 7.12 Å². The van der Waals surface area contributed by atoms with E-state index in [1.165, 1.54) is 6.33 Å². The van der Waals surface area contributed by atoms with Gasteiger partial charge in [0.15, 0.2) is 5.82 Å². The van der Waals surface area contributed by atoms with Crippen LogP contribution >= 0.6 is 0 Å². The molecule has 0 aliphatic carbocycles. The fraction of sp³-hybridized carbons (Fsp3) is 0.100. The van der Waals surface area contributed by atoms with E-state index in [4.69, 9.17) is 5.73 Å². The Balaban J connectivity index is 1.64. The summed E-state index contributed by atoms with van der Waals surface area (Å²) in [4.78, 5) is 24.7. The van der Waals surface area contributed by atoms with Gasteiger partial charge in [-0.1, -0.05) is 24.3 Å². The van der Waals surface area contributed by atoms with E-state index in [2.05, 4.69) is 20.3 Å². The minimum atomic E-state index is -1.52. The van der Waals surface area contributed by atoms with E-state index in [1.54, 1.807) is 30.3 Å². The summed E-state index contributed by atoms with van der Waals surface area (Å²) in [5, 5.41) is 21.7. The Hall–Kier alpha value is -3.76. The van der Waals surface area contributed by atoms with Crippen molar-refractivity contribution < 1.29 is 14.8 Å². The maximum Gasteiger partial charge on any atom is 0.488 e. The Morgan fingerprint density at radius 3 is 2.80 bits per heavy atom. The van der Waals surface area contributed by atoms with Crippen LogP contribution in [-0.4, -0.2) is 42.4 Å². The van der Waals surface area contributed by atoms with Crippen molar-refractivity contribution in [1.82, 2.24) is 19.4 Å². The number of pyridine rings is 1. The minimum Gasteiger partial charge on any atom is -0.423 e. The fourth-order valence-electron chi connectivity index (χ4n) is 3.36. The number of rotatable bonds is 6. The van der Waals surface area contributed by atoms with Crippen molar-refractivity contribution in [2.75, 3.05) is 5.32 Å². The van der Waals surface area contributed by atoms with Crippen LogP contribution in [0.3, 0.4) is 0 Å². The number of carbonyl (C=O) groups excluding carboxylic acids is 1. The van der Waals surface area contributed by atoms with Crippen LogP contribution in [0.5, 0.6) is 0 Å². The molecule has 0 aliphatic rings. The summed E-state index contributed by atoms with van der Waals surface area (Å²) in [6.07, 6.45) is 3.24. The Labute approximate surface area is 172 Å². The molecule has 1 amide bonds. The molecule has 30 heavy (non-hydrogen) atoms. The quantitative estimate of drug-likeness (QED) is 0.344. The first-order valence-electron chi connectivity index (χ1n) is 9.23. The number of nitrogens with one attached hydrogen (secondary N) is 1. The van der Waals surface area contributed by atoms with E-state index >= 15 is 0 Å². The molecule has 0 unspecified atom stereocenters. The van der Waals surface area contributed by atoms with Gasteiger partial charge in [0.25, 0.3) is 5.91 Å². The van der Waals surface area contributed by atoms with Gasteiger partial charge < -0.3 is 25.5 Å². The third-order valence-electron chi connectivity index (χ3n) is 4.75. The number of nitrogens with zero attached hydrogens (tertiary/aromatic N) is 4. The second-order valence-electron chi connectivity index (χ2n) is 6.82. The van der Waals surface area contributed by atoms with E-state index in [9.17, 15) is 14.8 Å². The van der Waals surface area contributed by atoms with Crippen LogP contribution < -0.4 is 16.5 Å². The number of aryl methyl sites for hydroxylation is 1. The molecular weight excluding hydrogens is 383 g/mol. The van der Waals surface area contributed by atoms with Crippen molar-refractivity contribution in [1.29, 1.82) is 0 Å². The standard InChI is InChI=1S/C20H19BN6O3/c1-12-8-16-15(18(22)28)6-3-7-27(16)17(12)19-24-11-25-20(26-19)23-10-13-4-2-5-14(9-13)21(29)30/h2-9,11,29-30H,10H2,1H3,(H2,22,28)(H,23,24,25,26). The lowest BCUT2D eigenvalue weighted by Crippen LogP contribution is -2.30. The van der Waals surface area contributed by atoms with Crippen molar-refractivity contribution in [3.63, 3.8) is 0 Å². The zero-order valence-corrected chi connectivity index (χ0v) is 16.1. The lowest BCUT2D eigenvalue weighted by Gasteiger charge is -2.09. The highest BCUT2D eigenvalue weighted by Gasteiger charge is 2.17. The molecule has 0 spiro atoms. The molecule has 3 heterocycles. The van der Waals surface area contributed by atoms with Crippen LogP contribution in [-0.2, 0) is 6.54 Å². The lowest BCUT2D eigenvalue weighted by molar-refractivity contribution is 0.100. The van der Waals surface area contributed by atoms with Crippen LogP contribution in [0.25, 0.3) is 17.0 Å². The maximum absolute atomic E-state index is 11.7. The number of nitrogens with two attached hydrogens (primary N) is 1. The molecule has 3 aromatic heterocycles.